The summed E-state index contributed by atoms with van der Waals surface area (Å²) in [5.41, 5.74) is 0.741. The summed E-state index contributed by atoms with van der Waals surface area (Å²) in [6.07, 6.45) is 1.55. The average Bonchev–Trinajstić information content (AvgIpc) is 2.12. The Morgan fingerprint density at radius 1 is 1.17 bits per heavy atom. The molecule has 1 aromatic carbocycles. The van der Waals surface area contributed by atoms with Crippen LogP contribution >= 0.6 is 12.2 Å². The van der Waals surface area contributed by atoms with Crippen LogP contribution < -0.4 is 0 Å². The van der Waals surface area contributed by atoms with Gasteiger partial charge in [-0.2, -0.15) is 4.73 Å². The maximum absolute atomic E-state index is 9.37. The molecule has 1 aromatic heterocycles. The minimum atomic E-state index is 0.741. The van der Waals surface area contributed by atoms with Crippen LogP contribution in [-0.2, 0) is 0 Å². The molecule has 0 unspecified atom stereocenters. The third-order valence-corrected chi connectivity index (χ3v) is 2.14. The Kier molecular flexibility index (Phi) is 1.59. The Morgan fingerprint density at radius 3 is 2.67 bits per heavy atom. The van der Waals surface area contributed by atoms with Crippen LogP contribution in [-0.4, -0.2) is 9.94 Å². The van der Waals surface area contributed by atoms with Crippen molar-refractivity contribution in [3.8, 4) is 0 Å². The molecule has 0 fully saturated rings. The molecule has 0 aliphatic rings. The van der Waals surface area contributed by atoms with Gasteiger partial charge in [0, 0.05) is 16.1 Å². The van der Waals surface area contributed by atoms with Crippen molar-refractivity contribution in [2.75, 3.05) is 0 Å². The van der Waals surface area contributed by atoms with E-state index in [1.807, 2.05) is 24.3 Å². The molecule has 1 heterocycles. The largest absolute Gasteiger partial charge is 0.428 e. The molecule has 0 radical (unpaired) electrons. The van der Waals surface area contributed by atoms with E-state index in [0.29, 0.717) is 0 Å². The molecule has 60 valence electrons. The predicted octanol–water partition coefficient (Wildman–Crippen LogP) is 2.61. The summed E-state index contributed by atoms with van der Waals surface area (Å²) in [5.74, 6) is 0. The first kappa shape index (κ1) is 7.31. The Bertz CT molecular complexity index is 475. The maximum Gasteiger partial charge on any atom is 0.0879 e. The number of hydrogen-bond acceptors (Lipinski definition) is 2. The molecule has 0 bridgehead atoms. The highest BCUT2D eigenvalue weighted by molar-refractivity contribution is 7.71. The van der Waals surface area contributed by atoms with Crippen molar-refractivity contribution in [3.63, 3.8) is 0 Å². The van der Waals surface area contributed by atoms with E-state index in [-0.39, 0.29) is 0 Å². The zero-order chi connectivity index (χ0) is 8.55. The molecule has 0 aliphatic carbocycles. The second-order valence-corrected chi connectivity index (χ2v) is 2.98. The third-order valence-electron chi connectivity index (χ3n) is 1.78. The van der Waals surface area contributed by atoms with E-state index in [1.165, 1.54) is 0 Å². The van der Waals surface area contributed by atoms with Crippen molar-refractivity contribution >= 4 is 23.1 Å². The number of benzene rings is 1. The molecule has 0 atom stereocenters. The van der Waals surface area contributed by atoms with Gasteiger partial charge < -0.3 is 5.21 Å². The van der Waals surface area contributed by atoms with Gasteiger partial charge in [0.1, 0.15) is 0 Å². The summed E-state index contributed by atoms with van der Waals surface area (Å²) in [6.45, 7) is 0. The van der Waals surface area contributed by atoms with Crippen molar-refractivity contribution in [1.82, 2.24) is 4.73 Å². The van der Waals surface area contributed by atoms with Crippen LogP contribution in [0, 0.1) is 4.51 Å². The zero-order valence-electron chi connectivity index (χ0n) is 6.27. The first-order valence-electron chi connectivity index (χ1n) is 3.59. The van der Waals surface area contributed by atoms with E-state index >= 15 is 0 Å². The van der Waals surface area contributed by atoms with Gasteiger partial charge in [-0.1, -0.05) is 30.4 Å². The van der Waals surface area contributed by atoms with E-state index < -0.39 is 0 Å². The Balaban J connectivity index is 3.05. The minimum absolute atomic E-state index is 0.741. The molecular formula is C9H7NOS. The third kappa shape index (κ3) is 0.987. The lowest BCUT2D eigenvalue weighted by Gasteiger charge is -2.01. The van der Waals surface area contributed by atoms with Crippen molar-refractivity contribution in [2.45, 2.75) is 0 Å². The van der Waals surface area contributed by atoms with Gasteiger partial charge in [0.25, 0.3) is 0 Å². The fourth-order valence-electron chi connectivity index (χ4n) is 1.19. The van der Waals surface area contributed by atoms with Crippen molar-refractivity contribution in [2.24, 2.45) is 0 Å². The van der Waals surface area contributed by atoms with Gasteiger partial charge in [0.15, 0.2) is 0 Å². The smallest absolute Gasteiger partial charge is 0.0879 e. The van der Waals surface area contributed by atoms with Gasteiger partial charge in [-0.15, -0.1) is 0 Å². The monoisotopic (exact) mass is 177 g/mol. The first-order valence-corrected chi connectivity index (χ1v) is 3.99. The molecule has 0 saturated carbocycles. The number of hydrogen-bond donors (Lipinski definition) is 1. The lowest BCUT2D eigenvalue weighted by molar-refractivity contribution is 0.198. The van der Waals surface area contributed by atoms with Gasteiger partial charge in [0.2, 0.25) is 0 Å². The summed E-state index contributed by atoms with van der Waals surface area (Å²) >= 11 is 5.09. The summed E-state index contributed by atoms with van der Waals surface area (Å²) in [4.78, 5) is 0. The number of para-hydroxylation sites is 1. The molecule has 0 aliphatic heterocycles. The predicted molar refractivity (Wildman–Crippen MR) is 50.0 cm³/mol. The van der Waals surface area contributed by atoms with Crippen molar-refractivity contribution in [1.29, 1.82) is 0 Å². The second kappa shape index (κ2) is 2.60. The van der Waals surface area contributed by atoms with Gasteiger partial charge in [-0.25, -0.2) is 0 Å². The van der Waals surface area contributed by atoms with Crippen LogP contribution in [0.15, 0.2) is 36.5 Å². The molecule has 12 heavy (non-hydrogen) atoms. The second-order valence-electron chi connectivity index (χ2n) is 2.54. The van der Waals surface area contributed by atoms with E-state index in [0.717, 1.165) is 20.1 Å². The zero-order valence-corrected chi connectivity index (χ0v) is 7.08. The van der Waals surface area contributed by atoms with Crippen LogP contribution in [0.25, 0.3) is 10.9 Å². The number of fused-ring (bicyclic) bond motifs is 1. The average molecular weight is 177 g/mol. The lowest BCUT2D eigenvalue weighted by atomic mass is 10.2. The normalized spacial score (nSPS) is 10.3. The molecular weight excluding hydrogens is 170 g/mol. The quantitative estimate of drug-likeness (QED) is 0.494. The van der Waals surface area contributed by atoms with Crippen LogP contribution in [0.4, 0.5) is 0 Å². The van der Waals surface area contributed by atoms with Crippen molar-refractivity contribution in [3.05, 3.63) is 41.0 Å². The Labute approximate surface area is 74.6 Å². The molecule has 0 amide bonds. The van der Waals surface area contributed by atoms with E-state index in [2.05, 4.69) is 0 Å². The van der Waals surface area contributed by atoms with Gasteiger partial charge in [0.05, 0.1) is 5.52 Å². The number of rotatable bonds is 0. The van der Waals surface area contributed by atoms with Crippen LogP contribution in [0.1, 0.15) is 0 Å². The van der Waals surface area contributed by atoms with Crippen molar-refractivity contribution < 1.29 is 5.21 Å². The molecule has 0 spiro atoms. The van der Waals surface area contributed by atoms with E-state index in [4.69, 9.17) is 12.2 Å². The Morgan fingerprint density at radius 2 is 1.92 bits per heavy atom. The maximum atomic E-state index is 9.37. The van der Waals surface area contributed by atoms with E-state index in [9.17, 15) is 5.21 Å². The highest BCUT2D eigenvalue weighted by atomic mass is 32.1. The summed E-state index contributed by atoms with van der Waals surface area (Å²) < 4.78 is 1.83. The van der Waals surface area contributed by atoms with Crippen LogP contribution in [0.3, 0.4) is 0 Å². The molecule has 2 aromatic rings. The highest BCUT2D eigenvalue weighted by Gasteiger charge is 1.95. The number of nitrogens with zero attached hydrogens (tertiary/aromatic N) is 1. The van der Waals surface area contributed by atoms with Crippen LogP contribution in [0.2, 0.25) is 0 Å². The summed E-state index contributed by atoms with van der Waals surface area (Å²) in [5, 5.41) is 10.3. The summed E-state index contributed by atoms with van der Waals surface area (Å²) in [7, 11) is 0. The SMILES string of the molecule is On1ccc(=S)c2ccccc21. The number of aromatic nitrogens is 1. The molecule has 3 heteroatoms. The van der Waals surface area contributed by atoms with E-state index in [1.54, 1.807) is 12.3 Å². The molecule has 1 N–H and O–H groups in total. The molecule has 2 rings (SSSR count). The number of pyridine rings is 1. The fourth-order valence-corrected chi connectivity index (χ4v) is 1.42. The molecule has 2 nitrogen and oxygen atoms in total. The summed E-state index contributed by atoms with van der Waals surface area (Å²) in [6, 6.07) is 9.19. The van der Waals surface area contributed by atoms with Gasteiger partial charge in [-0.3, -0.25) is 0 Å². The first-order chi connectivity index (χ1) is 5.79. The minimum Gasteiger partial charge on any atom is -0.428 e. The van der Waals surface area contributed by atoms with Crippen LogP contribution in [0.5, 0.6) is 0 Å². The van der Waals surface area contributed by atoms with Gasteiger partial charge in [-0.05, 0) is 12.1 Å². The van der Waals surface area contributed by atoms with Gasteiger partial charge >= 0.3 is 0 Å². The lowest BCUT2D eigenvalue weighted by Crippen LogP contribution is -1.92. The highest BCUT2D eigenvalue weighted by Crippen LogP contribution is 2.13. The standard InChI is InChI=1S/C9H7NOS/c11-10-6-5-9(12)7-3-1-2-4-8(7)10/h1-6,11H. The topological polar surface area (TPSA) is 25.2 Å². The molecule has 0 saturated heterocycles. The Hall–Kier alpha value is -1.35. The fraction of sp³-hybridized carbons (Fsp3) is 0.